The van der Waals surface area contributed by atoms with Gasteiger partial charge >= 0.3 is 11.9 Å². The van der Waals surface area contributed by atoms with Crippen LogP contribution in [0.4, 0.5) is 18.9 Å². The van der Waals surface area contributed by atoms with Crippen molar-refractivity contribution in [2.75, 3.05) is 19.0 Å². The molecule has 0 aliphatic rings. The van der Waals surface area contributed by atoms with Gasteiger partial charge in [0.2, 0.25) is 5.91 Å². The van der Waals surface area contributed by atoms with Crippen LogP contribution in [-0.4, -0.2) is 39.6 Å². The van der Waals surface area contributed by atoms with Gasteiger partial charge in [-0.25, -0.2) is 9.89 Å². The van der Waals surface area contributed by atoms with Gasteiger partial charge in [-0.2, -0.15) is 13.2 Å². The van der Waals surface area contributed by atoms with Crippen LogP contribution in [0.2, 0.25) is 5.02 Å². The first kappa shape index (κ1) is 22.3. The molecule has 0 saturated heterocycles. The third kappa shape index (κ3) is 5.76. The standard InChI is InChI=1S/C16H18ClF3N4O3S/c1-9(28-15-23-22-14(26)24(15)6-3-7-27-2)13(25)21-12-5-4-10(17)8-11(12)16(18,19)20/h4-5,8-9H,3,6-7H2,1-2H3,(H,21,25)(H,22,26). The first-order valence-electron chi connectivity index (χ1n) is 8.12. The minimum absolute atomic E-state index is 0.0932. The number of carbonyl (C=O) groups excluding carboxylic acids is 1. The average Bonchev–Trinajstić information content (AvgIpc) is 2.95. The molecule has 2 rings (SSSR count). The van der Waals surface area contributed by atoms with E-state index in [1.165, 1.54) is 24.7 Å². The number of thioether (sulfide) groups is 1. The highest BCUT2D eigenvalue weighted by Crippen LogP contribution is 2.36. The molecule has 154 valence electrons. The minimum Gasteiger partial charge on any atom is -0.385 e. The van der Waals surface area contributed by atoms with E-state index in [2.05, 4.69) is 15.5 Å². The first-order valence-corrected chi connectivity index (χ1v) is 9.37. The maximum Gasteiger partial charge on any atom is 0.418 e. The van der Waals surface area contributed by atoms with Crippen molar-refractivity contribution < 1.29 is 22.7 Å². The number of nitrogens with one attached hydrogen (secondary N) is 2. The number of nitrogens with zero attached hydrogens (tertiary/aromatic N) is 2. The molecule has 0 radical (unpaired) electrons. The lowest BCUT2D eigenvalue weighted by Gasteiger charge is -2.16. The molecule has 2 N–H and O–H groups in total. The fourth-order valence-electron chi connectivity index (χ4n) is 2.26. The third-order valence-corrected chi connectivity index (χ3v) is 4.97. The van der Waals surface area contributed by atoms with Crippen molar-refractivity contribution in [2.45, 2.75) is 36.5 Å². The fourth-order valence-corrected chi connectivity index (χ4v) is 3.32. The van der Waals surface area contributed by atoms with Gasteiger partial charge in [0.15, 0.2) is 5.16 Å². The number of methoxy groups -OCH3 is 1. The number of carbonyl (C=O) groups is 1. The van der Waals surface area contributed by atoms with Crippen molar-refractivity contribution in [1.29, 1.82) is 0 Å². The Hall–Kier alpha value is -1.98. The van der Waals surface area contributed by atoms with E-state index in [0.717, 1.165) is 23.9 Å². The minimum atomic E-state index is -4.67. The molecule has 0 aliphatic carbocycles. The van der Waals surface area contributed by atoms with Gasteiger partial charge in [-0.3, -0.25) is 9.36 Å². The number of anilines is 1. The number of H-pyrrole nitrogens is 1. The number of hydrogen-bond acceptors (Lipinski definition) is 5. The Labute approximate surface area is 167 Å². The Kier molecular flexibility index (Phi) is 7.55. The molecule has 1 unspecified atom stereocenters. The second kappa shape index (κ2) is 9.48. The number of halogens is 4. The summed E-state index contributed by atoms with van der Waals surface area (Å²) in [4.78, 5) is 24.2. The molecule has 2 aromatic rings. The second-order valence-electron chi connectivity index (χ2n) is 5.75. The summed E-state index contributed by atoms with van der Waals surface area (Å²) in [5.41, 5.74) is -1.88. The van der Waals surface area contributed by atoms with E-state index in [1.54, 1.807) is 0 Å². The zero-order chi connectivity index (χ0) is 20.9. The molecular formula is C16H18ClF3N4O3S. The van der Waals surface area contributed by atoms with E-state index in [9.17, 15) is 22.8 Å². The summed E-state index contributed by atoms with van der Waals surface area (Å²) in [6.07, 6.45) is -4.11. The predicted octanol–water partition coefficient (Wildman–Crippen LogP) is 3.40. The first-order chi connectivity index (χ1) is 13.1. The van der Waals surface area contributed by atoms with E-state index < -0.39 is 34.3 Å². The zero-order valence-corrected chi connectivity index (χ0v) is 16.5. The SMILES string of the molecule is COCCCn1c(SC(C)C(=O)Nc2ccc(Cl)cc2C(F)(F)F)n[nH]c1=O. The van der Waals surface area contributed by atoms with Gasteiger partial charge < -0.3 is 10.1 Å². The van der Waals surface area contributed by atoms with Gasteiger partial charge in [0.05, 0.1) is 16.5 Å². The number of aromatic amines is 1. The average molecular weight is 439 g/mol. The molecule has 1 atom stereocenters. The van der Waals surface area contributed by atoms with Crippen LogP contribution in [0.1, 0.15) is 18.9 Å². The molecule has 0 saturated carbocycles. The maximum atomic E-state index is 13.2. The normalized spacial score (nSPS) is 12.8. The van der Waals surface area contributed by atoms with Crippen molar-refractivity contribution >= 4 is 35.0 Å². The molecule has 0 aliphatic heterocycles. The lowest BCUT2D eigenvalue weighted by Crippen LogP contribution is -2.25. The topological polar surface area (TPSA) is 89.0 Å². The third-order valence-electron chi connectivity index (χ3n) is 3.65. The van der Waals surface area contributed by atoms with E-state index in [1.807, 2.05) is 0 Å². The van der Waals surface area contributed by atoms with Crippen molar-refractivity contribution in [1.82, 2.24) is 14.8 Å². The molecule has 0 spiro atoms. The Morgan fingerprint density at radius 2 is 2.18 bits per heavy atom. The van der Waals surface area contributed by atoms with Gasteiger partial charge in [0.1, 0.15) is 0 Å². The number of amides is 1. The van der Waals surface area contributed by atoms with Crippen molar-refractivity contribution in [2.24, 2.45) is 0 Å². The number of aromatic nitrogens is 3. The molecular weight excluding hydrogens is 421 g/mol. The predicted molar refractivity (Wildman–Crippen MR) is 99.7 cm³/mol. The summed E-state index contributed by atoms with van der Waals surface area (Å²) in [5, 5.41) is 7.77. The van der Waals surface area contributed by atoms with Crippen molar-refractivity contribution in [3.8, 4) is 0 Å². The number of rotatable bonds is 8. The highest BCUT2D eigenvalue weighted by atomic mass is 35.5. The van der Waals surface area contributed by atoms with Gasteiger partial charge in [-0.05, 0) is 31.5 Å². The molecule has 1 amide bonds. The highest BCUT2D eigenvalue weighted by molar-refractivity contribution is 8.00. The summed E-state index contributed by atoms with van der Waals surface area (Å²) in [6.45, 7) is 2.27. The molecule has 12 heteroatoms. The van der Waals surface area contributed by atoms with E-state index in [4.69, 9.17) is 16.3 Å². The van der Waals surface area contributed by atoms with Crippen LogP contribution in [-0.2, 0) is 22.3 Å². The summed E-state index contributed by atoms with van der Waals surface area (Å²) >= 11 is 6.58. The summed E-state index contributed by atoms with van der Waals surface area (Å²) in [7, 11) is 1.53. The second-order valence-corrected chi connectivity index (χ2v) is 7.49. The number of ether oxygens (including phenoxy) is 1. The molecule has 7 nitrogen and oxygen atoms in total. The van der Waals surface area contributed by atoms with Gasteiger partial charge in [0.25, 0.3) is 0 Å². The van der Waals surface area contributed by atoms with E-state index in [-0.39, 0.29) is 10.2 Å². The summed E-state index contributed by atoms with van der Waals surface area (Å²) in [5.74, 6) is -0.670. The Morgan fingerprint density at radius 1 is 1.46 bits per heavy atom. The molecule has 1 aromatic heterocycles. The number of hydrogen-bond donors (Lipinski definition) is 2. The van der Waals surface area contributed by atoms with Crippen LogP contribution in [0, 0.1) is 0 Å². The monoisotopic (exact) mass is 438 g/mol. The van der Waals surface area contributed by atoms with Crippen LogP contribution >= 0.6 is 23.4 Å². The number of benzene rings is 1. The lowest BCUT2D eigenvalue weighted by atomic mass is 10.1. The maximum absolute atomic E-state index is 13.2. The Bertz CT molecular complexity index is 885. The molecule has 0 fully saturated rings. The highest BCUT2D eigenvalue weighted by Gasteiger charge is 2.34. The van der Waals surface area contributed by atoms with Crippen molar-refractivity contribution in [3.63, 3.8) is 0 Å². The van der Waals surface area contributed by atoms with Gasteiger partial charge in [-0.15, -0.1) is 5.10 Å². The lowest BCUT2D eigenvalue weighted by molar-refractivity contribution is -0.137. The fraction of sp³-hybridized carbons (Fsp3) is 0.438. The van der Waals surface area contributed by atoms with E-state index in [0.29, 0.717) is 19.6 Å². The van der Waals surface area contributed by atoms with Crippen LogP contribution in [0.25, 0.3) is 0 Å². The zero-order valence-electron chi connectivity index (χ0n) is 15.0. The number of alkyl halides is 3. The summed E-state index contributed by atoms with van der Waals surface area (Å²) in [6, 6.07) is 3.09. The van der Waals surface area contributed by atoms with Crippen LogP contribution in [0.5, 0.6) is 0 Å². The van der Waals surface area contributed by atoms with E-state index >= 15 is 0 Å². The van der Waals surface area contributed by atoms with Crippen molar-refractivity contribution in [3.05, 3.63) is 39.3 Å². The smallest absolute Gasteiger partial charge is 0.385 e. The largest absolute Gasteiger partial charge is 0.418 e. The quantitative estimate of drug-likeness (QED) is 0.487. The summed E-state index contributed by atoms with van der Waals surface area (Å²) < 4.78 is 45.7. The molecule has 0 bridgehead atoms. The molecule has 1 aromatic carbocycles. The Balaban J connectivity index is 2.12. The van der Waals surface area contributed by atoms with Crippen LogP contribution in [0.15, 0.2) is 28.2 Å². The van der Waals surface area contributed by atoms with Crippen LogP contribution in [0.3, 0.4) is 0 Å². The molecule has 28 heavy (non-hydrogen) atoms. The van der Waals surface area contributed by atoms with Gasteiger partial charge in [0, 0.05) is 25.3 Å². The van der Waals surface area contributed by atoms with Gasteiger partial charge in [-0.1, -0.05) is 23.4 Å². The van der Waals surface area contributed by atoms with Crippen LogP contribution < -0.4 is 11.0 Å². The molecule has 1 heterocycles. The Morgan fingerprint density at radius 3 is 2.82 bits per heavy atom.